The predicted molar refractivity (Wildman–Crippen MR) is 122 cm³/mol. The molecule has 2 N–H and O–H groups in total. The highest BCUT2D eigenvalue weighted by molar-refractivity contribution is 14.0. The van der Waals surface area contributed by atoms with E-state index >= 15 is 0 Å². The van der Waals surface area contributed by atoms with Crippen molar-refractivity contribution in [1.82, 2.24) is 15.5 Å². The topological polar surface area (TPSA) is 48.9 Å². The zero-order valence-corrected chi connectivity index (χ0v) is 19.6. The van der Waals surface area contributed by atoms with Gasteiger partial charge in [-0.05, 0) is 37.6 Å². The monoisotopic (exact) mass is 534 g/mol. The lowest BCUT2D eigenvalue weighted by Gasteiger charge is -2.17. The number of guanidine groups is 1. The number of nitrogens with one attached hydrogen (secondary N) is 2. The molecule has 148 valence electrons. The number of likely N-dealkylation sites (tertiary alicyclic amines) is 1. The Kier molecular flexibility index (Phi) is 11.3. The maximum atomic E-state index is 6.10. The van der Waals surface area contributed by atoms with Crippen LogP contribution in [-0.2, 0) is 0 Å². The van der Waals surface area contributed by atoms with Crippen LogP contribution in [0.5, 0.6) is 5.75 Å². The SMILES string of the molecule is CCN1CCC(CNC(=NC)NCCOc2c(Cl)cc(Cl)cc2Cl)C1.I. The summed E-state index contributed by atoms with van der Waals surface area (Å²) in [4.78, 5) is 6.70. The highest BCUT2D eigenvalue weighted by atomic mass is 127. The number of rotatable bonds is 7. The van der Waals surface area contributed by atoms with Crippen molar-refractivity contribution in [2.45, 2.75) is 13.3 Å². The Labute approximate surface area is 187 Å². The van der Waals surface area contributed by atoms with Gasteiger partial charge in [-0.2, -0.15) is 0 Å². The number of hydrogen-bond acceptors (Lipinski definition) is 3. The summed E-state index contributed by atoms with van der Waals surface area (Å²) in [7, 11) is 1.76. The Hall–Kier alpha value is -0.150. The lowest BCUT2D eigenvalue weighted by atomic mass is 10.1. The van der Waals surface area contributed by atoms with E-state index in [4.69, 9.17) is 39.5 Å². The number of aliphatic imine (C=N–C) groups is 1. The van der Waals surface area contributed by atoms with E-state index in [1.165, 1.54) is 13.0 Å². The summed E-state index contributed by atoms with van der Waals surface area (Å²) in [5.41, 5.74) is 0. The zero-order chi connectivity index (χ0) is 18.2. The third-order valence-corrected chi connectivity index (χ3v) is 4.98. The number of nitrogens with zero attached hydrogens (tertiary/aromatic N) is 2. The summed E-state index contributed by atoms with van der Waals surface area (Å²) < 4.78 is 5.65. The second-order valence-electron chi connectivity index (χ2n) is 5.97. The molecule has 0 radical (unpaired) electrons. The summed E-state index contributed by atoms with van der Waals surface area (Å²) in [5, 5.41) is 7.89. The van der Waals surface area contributed by atoms with Crippen LogP contribution in [0.4, 0.5) is 0 Å². The first-order valence-electron chi connectivity index (χ1n) is 8.47. The highest BCUT2D eigenvalue weighted by Gasteiger charge is 2.20. The quantitative estimate of drug-likeness (QED) is 0.238. The van der Waals surface area contributed by atoms with E-state index in [9.17, 15) is 0 Å². The van der Waals surface area contributed by atoms with Gasteiger partial charge in [-0.15, -0.1) is 24.0 Å². The zero-order valence-electron chi connectivity index (χ0n) is 15.0. The molecule has 1 aliphatic rings. The molecule has 1 fully saturated rings. The van der Waals surface area contributed by atoms with Gasteiger partial charge in [0, 0.05) is 25.2 Å². The van der Waals surface area contributed by atoms with Gasteiger partial charge in [0.25, 0.3) is 0 Å². The summed E-state index contributed by atoms with van der Waals surface area (Å²) in [6.07, 6.45) is 1.23. The Morgan fingerprint density at radius 2 is 1.96 bits per heavy atom. The average Bonchev–Trinajstić information content (AvgIpc) is 3.04. The number of halogens is 4. The van der Waals surface area contributed by atoms with E-state index in [0.717, 1.165) is 25.6 Å². The molecule has 1 aromatic carbocycles. The van der Waals surface area contributed by atoms with E-state index in [2.05, 4.69) is 27.4 Å². The van der Waals surface area contributed by atoms with Crippen molar-refractivity contribution < 1.29 is 4.74 Å². The number of benzene rings is 1. The highest BCUT2D eigenvalue weighted by Crippen LogP contribution is 2.35. The summed E-state index contributed by atoms with van der Waals surface area (Å²) in [5.74, 6) is 1.89. The predicted octanol–water partition coefficient (Wildman–Crippen LogP) is 4.15. The lowest BCUT2D eigenvalue weighted by molar-refractivity contribution is 0.322. The second kappa shape index (κ2) is 12.3. The van der Waals surface area contributed by atoms with Crippen molar-refractivity contribution in [2.75, 3.05) is 46.4 Å². The molecular formula is C17H26Cl3IN4O. The molecule has 0 saturated carbocycles. The number of hydrogen-bond donors (Lipinski definition) is 2. The molecule has 5 nitrogen and oxygen atoms in total. The summed E-state index contributed by atoms with van der Waals surface area (Å²) in [6, 6.07) is 3.22. The molecule has 1 heterocycles. The molecule has 2 rings (SSSR count). The van der Waals surface area contributed by atoms with Gasteiger partial charge in [-0.3, -0.25) is 4.99 Å². The fraction of sp³-hybridized carbons (Fsp3) is 0.588. The van der Waals surface area contributed by atoms with Gasteiger partial charge in [0.1, 0.15) is 6.61 Å². The van der Waals surface area contributed by atoms with Crippen LogP contribution in [0.15, 0.2) is 17.1 Å². The van der Waals surface area contributed by atoms with Crippen LogP contribution in [0.25, 0.3) is 0 Å². The Bertz CT molecular complexity index is 580. The van der Waals surface area contributed by atoms with Crippen LogP contribution in [0.2, 0.25) is 15.1 Å². The molecule has 0 aliphatic carbocycles. The molecule has 1 aliphatic heterocycles. The van der Waals surface area contributed by atoms with Crippen molar-refractivity contribution in [3.63, 3.8) is 0 Å². The Morgan fingerprint density at radius 1 is 1.27 bits per heavy atom. The molecule has 1 unspecified atom stereocenters. The molecule has 1 atom stereocenters. The first-order valence-corrected chi connectivity index (χ1v) is 9.61. The smallest absolute Gasteiger partial charge is 0.191 e. The van der Waals surface area contributed by atoms with Crippen LogP contribution >= 0.6 is 58.8 Å². The molecule has 0 aromatic heterocycles. The Balaban J connectivity index is 0.00000338. The van der Waals surface area contributed by atoms with E-state index in [1.54, 1.807) is 19.2 Å². The minimum absolute atomic E-state index is 0. The number of ether oxygens (including phenoxy) is 1. The summed E-state index contributed by atoms with van der Waals surface area (Å²) in [6.45, 7) is 7.58. The normalized spacial score (nSPS) is 17.7. The minimum Gasteiger partial charge on any atom is -0.489 e. The molecule has 0 spiro atoms. The fourth-order valence-electron chi connectivity index (χ4n) is 2.82. The van der Waals surface area contributed by atoms with Crippen molar-refractivity contribution in [1.29, 1.82) is 0 Å². The maximum Gasteiger partial charge on any atom is 0.191 e. The molecule has 1 saturated heterocycles. The van der Waals surface area contributed by atoms with Crippen LogP contribution in [-0.4, -0.2) is 57.2 Å². The molecule has 1 aromatic rings. The molecule has 0 bridgehead atoms. The van der Waals surface area contributed by atoms with Crippen LogP contribution in [0, 0.1) is 5.92 Å². The van der Waals surface area contributed by atoms with Crippen LogP contribution in [0.1, 0.15) is 13.3 Å². The third kappa shape index (κ3) is 7.46. The first kappa shape index (κ1) is 23.9. The first-order chi connectivity index (χ1) is 12.0. The van der Waals surface area contributed by atoms with Crippen molar-refractivity contribution in [3.8, 4) is 5.75 Å². The van der Waals surface area contributed by atoms with E-state index in [1.807, 2.05) is 0 Å². The van der Waals surface area contributed by atoms with Gasteiger partial charge in [0.2, 0.25) is 0 Å². The van der Waals surface area contributed by atoms with Gasteiger partial charge < -0.3 is 20.3 Å². The molecule has 26 heavy (non-hydrogen) atoms. The van der Waals surface area contributed by atoms with Crippen molar-refractivity contribution in [2.24, 2.45) is 10.9 Å². The van der Waals surface area contributed by atoms with Gasteiger partial charge in [0.15, 0.2) is 11.7 Å². The van der Waals surface area contributed by atoms with Crippen LogP contribution in [0.3, 0.4) is 0 Å². The third-order valence-electron chi connectivity index (χ3n) is 4.20. The van der Waals surface area contributed by atoms with Gasteiger partial charge >= 0.3 is 0 Å². The average molecular weight is 536 g/mol. The van der Waals surface area contributed by atoms with E-state index in [0.29, 0.717) is 39.9 Å². The second-order valence-corrected chi connectivity index (χ2v) is 7.23. The largest absolute Gasteiger partial charge is 0.489 e. The standard InChI is InChI=1S/C17H25Cl3N4O.HI/c1-3-24-6-4-12(11-24)10-23-17(21-2)22-5-7-25-16-14(19)8-13(18)9-15(16)20;/h8-9,12H,3-7,10-11H2,1-2H3,(H2,21,22,23);1H. The van der Waals surface area contributed by atoms with E-state index < -0.39 is 0 Å². The maximum absolute atomic E-state index is 6.10. The van der Waals surface area contributed by atoms with Crippen molar-refractivity contribution in [3.05, 3.63) is 27.2 Å². The molecule has 0 amide bonds. The van der Waals surface area contributed by atoms with Crippen LogP contribution < -0.4 is 15.4 Å². The lowest BCUT2D eigenvalue weighted by Crippen LogP contribution is -2.41. The molecular weight excluding hydrogens is 509 g/mol. The van der Waals surface area contributed by atoms with E-state index in [-0.39, 0.29) is 24.0 Å². The Morgan fingerprint density at radius 3 is 2.54 bits per heavy atom. The molecule has 9 heteroatoms. The fourth-order valence-corrected chi connectivity index (χ4v) is 3.74. The van der Waals surface area contributed by atoms with Gasteiger partial charge in [-0.25, -0.2) is 0 Å². The summed E-state index contributed by atoms with van der Waals surface area (Å²) >= 11 is 18.1. The van der Waals surface area contributed by atoms with Crippen molar-refractivity contribution >= 4 is 64.7 Å². The van der Waals surface area contributed by atoms with Gasteiger partial charge in [0.05, 0.1) is 16.6 Å². The minimum atomic E-state index is 0. The van der Waals surface area contributed by atoms with Gasteiger partial charge in [-0.1, -0.05) is 41.7 Å².